The van der Waals surface area contributed by atoms with E-state index in [1.54, 1.807) is 4.90 Å². The van der Waals surface area contributed by atoms with Crippen LogP contribution in [0.25, 0.3) is 0 Å². The van der Waals surface area contributed by atoms with Gasteiger partial charge in [0.1, 0.15) is 0 Å². The summed E-state index contributed by atoms with van der Waals surface area (Å²) in [5.74, 6) is 0. The lowest BCUT2D eigenvalue weighted by molar-refractivity contribution is -0.384. The van der Waals surface area contributed by atoms with Gasteiger partial charge in [0.2, 0.25) is 0 Å². The number of hydrogen-bond acceptors (Lipinski definition) is 5. The maximum atomic E-state index is 10.6. The lowest BCUT2D eigenvalue weighted by Crippen LogP contribution is -2.29. The molecule has 0 aliphatic heterocycles. The highest BCUT2D eigenvalue weighted by Crippen LogP contribution is 2.29. The van der Waals surface area contributed by atoms with Gasteiger partial charge in [0, 0.05) is 25.2 Å². The molecule has 94 valence electrons. The minimum atomic E-state index is -0.518. The smallest absolute Gasteiger partial charge is 0.271 e. The molecule has 1 rings (SSSR count). The van der Waals surface area contributed by atoms with Crippen molar-refractivity contribution < 1.29 is 15.1 Å². The van der Waals surface area contributed by atoms with E-state index in [1.165, 1.54) is 18.2 Å². The Hall–Kier alpha value is -1.37. The van der Waals surface area contributed by atoms with Crippen molar-refractivity contribution in [1.29, 1.82) is 0 Å². The highest BCUT2D eigenvalue weighted by Gasteiger charge is 2.14. The zero-order chi connectivity index (χ0) is 12.8. The van der Waals surface area contributed by atoms with Crippen molar-refractivity contribution in [3.63, 3.8) is 0 Å². The van der Waals surface area contributed by atoms with Crippen LogP contribution in [0.4, 0.5) is 11.4 Å². The predicted octanol–water partition coefficient (Wildman–Crippen LogP) is 1.04. The van der Waals surface area contributed by atoms with Crippen molar-refractivity contribution in [2.24, 2.45) is 0 Å². The number of benzene rings is 1. The summed E-state index contributed by atoms with van der Waals surface area (Å²) in [6.07, 6.45) is 0. The van der Waals surface area contributed by atoms with Gasteiger partial charge in [-0.3, -0.25) is 10.1 Å². The number of nitrogens with zero attached hydrogens (tertiary/aromatic N) is 2. The van der Waals surface area contributed by atoms with Crippen molar-refractivity contribution >= 4 is 23.0 Å². The molecule has 0 aromatic heterocycles. The molecule has 1 aromatic rings. The van der Waals surface area contributed by atoms with Crippen molar-refractivity contribution in [2.75, 3.05) is 31.2 Å². The third-order valence-corrected chi connectivity index (χ3v) is 2.54. The fraction of sp³-hybridized carbons (Fsp3) is 0.400. The van der Waals surface area contributed by atoms with Gasteiger partial charge in [-0.1, -0.05) is 11.6 Å². The summed E-state index contributed by atoms with van der Waals surface area (Å²) >= 11 is 5.94. The molecule has 1 aromatic carbocycles. The molecule has 0 amide bonds. The second kappa shape index (κ2) is 6.39. The van der Waals surface area contributed by atoms with Crippen LogP contribution in [0.5, 0.6) is 0 Å². The number of rotatable bonds is 6. The third kappa shape index (κ3) is 3.55. The van der Waals surface area contributed by atoms with Crippen LogP contribution in [0.15, 0.2) is 18.2 Å². The van der Waals surface area contributed by atoms with Gasteiger partial charge in [0.15, 0.2) is 0 Å². The number of aliphatic hydroxyl groups is 2. The van der Waals surface area contributed by atoms with Crippen LogP contribution in [0.1, 0.15) is 0 Å². The zero-order valence-electron chi connectivity index (χ0n) is 9.04. The molecule has 0 saturated heterocycles. The van der Waals surface area contributed by atoms with Crippen molar-refractivity contribution in [1.82, 2.24) is 0 Å². The standard InChI is InChI=1S/C10H13ClN2O4/c11-9-2-1-8(13(16)17)7-10(9)12(3-5-14)4-6-15/h1-2,7,14-15H,3-6H2. The summed E-state index contributed by atoms with van der Waals surface area (Å²) in [6, 6.07) is 4.06. The monoisotopic (exact) mass is 260 g/mol. The Kier molecular flexibility index (Phi) is 5.14. The van der Waals surface area contributed by atoms with Crippen LogP contribution < -0.4 is 4.90 Å². The molecule has 0 bridgehead atoms. The normalized spacial score (nSPS) is 10.3. The number of aliphatic hydroxyl groups excluding tert-OH is 2. The van der Waals surface area contributed by atoms with Gasteiger partial charge >= 0.3 is 0 Å². The van der Waals surface area contributed by atoms with Crippen LogP contribution in [0.2, 0.25) is 5.02 Å². The average Bonchev–Trinajstić information content (AvgIpc) is 2.29. The topological polar surface area (TPSA) is 86.8 Å². The van der Waals surface area contributed by atoms with Crippen molar-refractivity contribution in [3.05, 3.63) is 33.3 Å². The molecule has 2 N–H and O–H groups in total. The highest BCUT2D eigenvalue weighted by atomic mass is 35.5. The van der Waals surface area contributed by atoms with Crippen LogP contribution >= 0.6 is 11.6 Å². The molecule has 0 unspecified atom stereocenters. The van der Waals surface area contributed by atoms with E-state index in [4.69, 9.17) is 21.8 Å². The maximum Gasteiger partial charge on any atom is 0.271 e. The first-order valence-corrected chi connectivity index (χ1v) is 5.38. The second-order valence-electron chi connectivity index (χ2n) is 3.33. The van der Waals surface area contributed by atoms with E-state index in [2.05, 4.69) is 0 Å². The van der Waals surface area contributed by atoms with Crippen molar-refractivity contribution in [2.45, 2.75) is 0 Å². The molecule has 17 heavy (non-hydrogen) atoms. The SMILES string of the molecule is O=[N+]([O-])c1ccc(Cl)c(N(CCO)CCO)c1. The maximum absolute atomic E-state index is 10.6. The van der Waals surface area contributed by atoms with Crippen LogP contribution in [-0.4, -0.2) is 41.4 Å². The first kappa shape index (κ1) is 13.7. The fourth-order valence-electron chi connectivity index (χ4n) is 1.45. The van der Waals surface area contributed by atoms with E-state index in [0.717, 1.165) is 0 Å². The minimum Gasteiger partial charge on any atom is -0.395 e. The Bertz CT molecular complexity index is 394. The molecular weight excluding hydrogens is 248 g/mol. The van der Waals surface area contributed by atoms with Crippen LogP contribution in [-0.2, 0) is 0 Å². The number of nitro benzene ring substituents is 1. The van der Waals surface area contributed by atoms with Gasteiger partial charge in [-0.05, 0) is 6.07 Å². The largest absolute Gasteiger partial charge is 0.395 e. The minimum absolute atomic E-state index is 0.0784. The Labute approximate surface area is 103 Å². The van der Waals surface area contributed by atoms with E-state index >= 15 is 0 Å². The Morgan fingerprint density at radius 2 is 1.88 bits per heavy atom. The average molecular weight is 261 g/mol. The molecule has 0 saturated carbocycles. The third-order valence-electron chi connectivity index (χ3n) is 2.22. The number of nitro groups is 1. The number of anilines is 1. The molecule has 6 nitrogen and oxygen atoms in total. The number of hydrogen-bond donors (Lipinski definition) is 2. The van der Waals surface area contributed by atoms with Gasteiger partial charge in [-0.2, -0.15) is 0 Å². The molecule has 0 fully saturated rings. The summed E-state index contributed by atoms with van der Waals surface area (Å²) in [5.41, 5.74) is 0.356. The summed E-state index contributed by atoms with van der Waals surface area (Å²) in [5, 5.41) is 28.8. The van der Waals surface area contributed by atoms with Crippen molar-refractivity contribution in [3.8, 4) is 0 Å². The van der Waals surface area contributed by atoms with Gasteiger partial charge < -0.3 is 15.1 Å². The van der Waals surface area contributed by atoms with E-state index in [9.17, 15) is 10.1 Å². The molecule has 0 heterocycles. The summed E-state index contributed by atoms with van der Waals surface area (Å²) < 4.78 is 0. The van der Waals surface area contributed by atoms with Crippen LogP contribution in [0, 0.1) is 10.1 Å². The second-order valence-corrected chi connectivity index (χ2v) is 3.73. The fourth-order valence-corrected chi connectivity index (χ4v) is 1.69. The van der Waals surface area contributed by atoms with E-state index in [-0.39, 0.29) is 32.0 Å². The molecular formula is C10H13ClN2O4. The van der Waals surface area contributed by atoms with E-state index in [1.807, 2.05) is 0 Å². The molecule has 7 heteroatoms. The van der Waals surface area contributed by atoms with Gasteiger partial charge in [0.05, 0.1) is 28.8 Å². The molecule has 0 aliphatic rings. The lowest BCUT2D eigenvalue weighted by Gasteiger charge is -2.23. The van der Waals surface area contributed by atoms with E-state index < -0.39 is 4.92 Å². The first-order chi connectivity index (χ1) is 8.10. The van der Waals surface area contributed by atoms with Gasteiger partial charge in [-0.25, -0.2) is 0 Å². The molecule has 0 aliphatic carbocycles. The molecule has 0 spiro atoms. The van der Waals surface area contributed by atoms with Gasteiger partial charge in [0.25, 0.3) is 5.69 Å². The quantitative estimate of drug-likeness (QED) is 0.589. The molecule has 0 radical (unpaired) electrons. The lowest BCUT2D eigenvalue weighted by atomic mass is 10.2. The first-order valence-electron chi connectivity index (χ1n) is 5.00. The number of non-ortho nitro benzene ring substituents is 1. The Morgan fingerprint density at radius 1 is 1.29 bits per heavy atom. The summed E-state index contributed by atoms with van der Waals surface area (Å²) in [4.78, 5) is 11.7. The zero-order valence-corrected chi connectivity index (χ0v) is 9.80. The summed E-state index contributed by atoms with van der Waals surface area (Å²) in [7, 11) is 0. The highest BCUT2D eigenvalue weighted by molar-refractivity contribution is 6.33. The number of halogens is 1. The Morgan fingerprint density at radius 3 is 2.35 bits per heavy atom. The Balaban J connectivity index is 3.07. The van der Waals surface area contributed by atoms with Crippen LogP contribution in [0.3, 0.4) is 0 Å². The summed E-state index contributed by atoms with van der Waals surface area (Å²) in [6.45, 7) is 0.251. The van der Waals surface area contributed by atoms with E-state index in [0.29, 0.717) is 10.7 Å². The molecule has 0 atom stereocenters. The van der Waals surface area contributed by atoms with Gasteiger partial charge in [-0.15, -0.1) is 0 Å². The predicted molar refractivity (Wildman–Crippen MR) is 64.5 cm³/mol.